The van der Waals surface area contributed by atoms with Crippen molar-refractivity contribution >= 4 is 34.1 Å². The molecule has 25 heavy (non-hydrogen) atoms. The molecule has 3 aromatic rings. The number of aromatic nitrogens is 5. The molecule has 3 rings (SSSR count). The average molecular weight is 372 g/mol. The minimum absolute atomic E-state index is 0.124. The zero-order valence-corrected chi connectivity index (χ0v) is 15.2. The Hall–Kier alpha value is -2.52. The van der Waals surface area contributed by atoms with Gasteiger partial charge in [-0.1, -0.05) is 17.8 Å². The Morgan fingerprint density at radius 3 is 2.92 bits per heavy atom. The van der Waals surface area contributed by atoms with Crippen molar-refractivity contribution in [3.8, 4) is 11.4 Å². The Labute approximate surface area is 153 Å². The molecule has 3 aromatic heterocycles. The molecule has 0 bridgehead atoms. The number of allylic oxidation sites excluding steroid dienone is 1. The predicted octanol–water partition coefficient (Wildman–Crippen LogP) is 3.23. The molecule has 0 aromatic carbocycles. The third-order valence-corrected chi connectivity index (χ3v) is 4.96. The fourth-order valence-electron chi connectivity index (χ4n) is 2.12. The molecule has 0 spiro atoms. The van der Waals surface area contributed by atoms with Crippen LogP contribution in [0.3, 0.4) is 0 Å². The quantitative estimate of drug-likeness (QED) is 0.506. The van der Waals surface area contributed by atoms with Gasteiger partial charge in [-0.15, -0.1) is 28.1 Å². The third-order valence-electron chi connectivity index (χ3n) is 3.15. The van der Waals surface area contributed by atoms with Crippen molar-refractivity contribution in [3.63, 3.8) is 0 Å². The van der Waals surface area contributed by atoms with Crippen LogP contribution < -0.4 is 5.32 Å². The molecule has 3 heterocycles. The monoisotopic (exact) mass is 372 g/mol. The van der Waals surface area contributed by atoms with Gasteiger partial charge < -0.3 is 5.32 Å². The number of rotatable bonds is 7. The zero-order valence-electron chi connectivity index (χ0n) is 13.5. The summed E-state index contributed by atoms with van der Waals surface area (Å²) in [7, 11) is 0. The first-order chi connectivity index (χ1) is 12.2. The van der Waals surface area contributed by atoms with Gasteiger partial charge in [0, 0.05) is 42.6 Å². The minimum Gasteiger partial charge on any atom is -0.302 e. The van der Waals surface area contributed by atoms with Crippen LogP contribution in [0.4, 0.5) is 5.13 Å². The smallest absolute Gasteiger partial charge is 0.223 e. The van der Waals surface area contributed by atoms with E-state index in [0.717, 1.165) is 22.2 Å². The molecule has 0 unspecified atom stereocenters. The second-order valence-corrected chi connectivity index (χ2v) is 6.86. The summed E-state index contributed by atoms with van der Waals surface area (Å²) in [5.74, 6) is 1.30. The number of nitrogens with one attached hydrogen (secondary N) is 1. The number of amides is 1. The Balaban J connectivity index is 1.76. The van der Waals surface area contributed by atoms with Crippen molar-refractivity contribution in [2.45, 2.75) is 24.4 Å². The number of carbonyl (C=O) groups is 1. The van der Waals surface area contributed by atoms with Crippen LogP contribution in [0.2, 0.25) is 0 Å². The minimum atomic E-state index is -0.124. The number of pyridine rings is 1. The molecule has 0 aliphatic rings. The molecule has 0 aliphatic heterocycles. The molecule has 1 N–H and O–H groups in total. The van der Waals surface area contributed by atoms with Crippen LogP contribution in [0.15, 0.2) is 47.7 Å². The lowest BCUT2D eigenvalue weighted by Crippen LogP contribution is -2.05. The van der Waals surface area contributed by atoms with Crippen molar-refractivity contribution in [2.24, 2.45) is 0 Å². The van der Waals surface area contributed by atoms with Crippen molar-refractivity contribution in [1.29, 1.82) is 0 Å². The predicted molar refractivity (Wildman–Crippen MR) is 99.4 cm³/mol. The molecule has 0 atom stereocenters. The molecule has 9 heteroatoms. The largest absolute Gasteiger partial charge is 0.302 e. The number of nitrogens with zero attached hydrogens (tertiary/aromatic N) is 5. The van der Waals surface area contributed by atoms with Gasteiger partial charge in [0.05, 0.1) is 5.69 Å². The van der Waals surface area contributed by atoms with Gasteiger partial charge in [0.15, 0.2) is 16.1 Å². The summed E-state index contributed by atoms with van der Waals surface area (Å²) >= 11 is 2.95. The highest BCUT2D eigenvalue weighted by Crippen LogP contribution is 2.27. The van der Waals surface area contributed by atoms with E-state index in [-0.39, 0.29) is 5.91 Å². The Morgan fingerprint density at radius 2 is 2.20 bits per heavy atom. The summed E-state index contributed by atoms with van der Waals surface area (Å²) < 4.78 is 2.01. The summed E-state index contributed by atoms with van der Waals surface area (Å²) in [6, 6.07) is 3.80. The molecule has 0 saturated carbocycles. The molecule has 0 aliphatic carbocycles. The molecule has 0 fully saturated rings. The summed E-state index contributed by atoms with van der Waals surface area (Å²) in [5, 5.41) is 14.6. The number of thiazole rings is 1. The number of hydrogen-bond donors (Lipinski definition) is 1. The number of carbonyl (C=O) groups excluding carboxylic acids is 1. The highest BCUT2D eigenvalue weighted by atomic mass is 32.2. The van der Waals surface area contributed by atoms with Crippen LogP contribution in [0.25, 0.3) is 11.4 Å². The lowest BCUT2D eigenvalue weighted by Gasteiger charge is -2.07. The van der Waals surface area contributed by atoms with E-state index in [1.54, 1.807) is 24.2 Å². The van der Waals surface area contributed by atoms with Crippen molar-refractivity contribution in [3.05, 3.63) is 48.3 Å². The molecular formula is C16H16N6OS2. The van der Waals surface area contributed by atoms with Gasteiger partial charge in [-0.2, -0.15) is 0 Å². The molecule has 0 saturated heterocycles. The van der Waals surface area contributed by atoms with E-state index in [1.807, 2.05) is 28.2 Å². The van der Waals surface area contributed by atoms with E-state index >= 15 is 0 Å². The highest BCUT2D eigenvalue weighted by molar-refractivity contribution is 7.98. The van der Waals surface area contributed by atoms with E-state index in [0.29, 0.717) is 17.4 Å². The lowest BCUT2D eigenvalue weighted by atomic mass is 10.2. The first-order valence-electron chi connectivity index (χ1n) is 7.46. The summed E-state index contributed by atoms with van der Waals surface area (Å²) in [5.41, 5.74) is 1.84. The standard InChI is InChI=1S/C16H16N6OS2/c1-3-8-22-14(12-4-6-17-7-5-12)20-21-16(22)25-10-13-9-24-15(19-13)18-11(2)23/h3-7,9H,1,8,10H2,2H3,(H,18,19,23). The first kappa shape index (κ1) is 17.3. The van der Waals surface area contributed by atoms with E-state index in [4.69, 9.17) is 0 Å². The maximum Gasteiger partial charge on any atom is 0.223 e. The van der Waals surface area contributed by atoms with Crippen LogP contribution in [0.5, 0.6) is 0 Å². The van der Waals surface area contributed by atoms with Gasteiger partial charge in [0.1, 0.15) is 0 Å². The highest BCUT2D eigenvalue weighted by Gasteiger charge is 2.14. The summed E-state index contributed by atoms with van der Waals surface area (Å²) in [6.07, 6.45) is 5.28. The second kappa shape index (κ2) is 8.04. The fourth-order valence-corrected chi connectivity index (χ4v) is 3.83. The molecule has 0 radical (unpaired) electrons. The summed E-state index contributed by atoms with van der Waals surface area (Å²) in [6.45, 7) is 5.89. The van der Waals surface area contributed by atoms with Crippen LogP contribution in [-0.2, 0) is 17.1 Å². The van der Waals surface area contributed by atoms with Crippen LogP contribution in [0, 0.1) is 0 Å². The SMILES string of the molecule is C=CCn1c(SCc2csc(NC(C)=O)n2)nnc1-c1ccncc1. The van der Waals surface area contributed by atoms with Crippen molar-refractivity contribution in [1.82, 2.24) is 24.7 Å². The molecule has 128 valence electrons. The van der Waals surface area contributed by atoms with Crippen LogP contribution in [0.1, 0.15) is 12.6 Å². The van der Waals surface area contributed by atoms with Gasteiger partial charge in [0.2, 0.25) is 5.91 Å². The Bertz CT molecular complexity index is 874. The Kier molecular flexibility index (Phi) is 5.56. The normalized spacial score (nSPS) is 10.6. The van der Waals surface area contributed by atoms with E-state index < -0.39 is 0 Å². The maximum absolute atomic E-state index is 11.1. The number of anilines is 1. The van der Waals surface area contributed by atoms with Crippen LogP contribution >= 0.6 is 23.1 Å². The third kappa shape index (κ3) is 4.31. The average Bonchev–Trinajstić information content (AvgIpc) is 3.20. The molecular weight excluding hydrogens is 356 g/mol. The van der Waals surface area contributed by atoms with Gasteiger partial charge in [-0.05, 0) is 12.1 Å². The number of thioether (sulfide) groups is 1. The van der Waals surface area contributed by atoms with Gasteiger partial charge in [0.25, 0.3) is 0 Å². The number of hydrogen-bond acceptors (Lipinski definition) is 7. The summed E-state index contributed by atoms with van der Waals surface area (Å²) in [4.78, 5) is 19.5. The maximum atomic E-state index is 11.1. The topological polar surface area (TPSA) is 85.6 Å². The van der Waals surface area contributed by atoms with Gasteiger partial charge in [-0.3, -0.25) is 14.3 Å². The van der Waals surface area contributed by atoms with E-state index in [1.165, 1.54) is 18.3 Å². The van der Waals surface area contributed by atoms with Crippen molar-refractivity contribution < 1.29 is 4.79 Å². The molecule has 1 amide bonds. The van der Waals surface area contributed by atoms with Crippen LogP contribution in [-0.4, -0.2) is 30.6 Å². The zero-order chi connectivity index (χ0) is 17.6. The van der Waals surface area contributed by atoms with Crippen molar-refractivity contribution in [2.75, 3.05) is 5.32 Å². The second-order valence-electron chi connectivity index (χ2n) is 5.06. The van der Waals surface area contributed by atoms with E-state index in [9.17, 15) is 4.79 Å². The first-order valence-corrected chi connectivity index (χ1v) is 9.33. The lowest BCUT2D eigenvalue weighted by molar-refractivity contribution is -0.114. The Morgan fingerprint density at radius 1 is 1.40 bits per heavy atom. The van der Waals surface area contributed by atoms with Gasteiger partial charge in [-0.25, -0.2) is 4.98 Å². The van der Waals surface area contributed by atoms with Gasteiger partial charge >= 0.3 is 0 Å². The van der Waals surface area contributed by atoms with E-state index in [2.05, 4.69) is 32.1 Å². The fraction of sp³-hybridized carbons (Fsp3) is 0.188. The molecule has 7 nitrogen and oxygen atoms in total.